The zero-order valence-corrected chi connectivity index (χ0v) is 11.0. The molecule has 2 fully saturated rings. The van der Waals surface area contributed by atoms with E-state index < -0.39 is 23.7 Å². The number of carbonyl (C=O) groups is 2. The van der Waals surface area contributed by atoms with Crippen molar-refractivity contribution in [3.63, 3.8) is 0 Å². The molecule has 6 nitrogen and oxygen atoms in total. The van der Waals surface area contributed by atoms with E-state index in [0.717, 1.165) is 32.1 Å². The highest BCUT2D eigenvalue weighted by Crippen LogP contribution is 2.30. The number of amides is 1. The Morgan fingerprint density at radius 2 is 1.89 bits per heavy atom. The highest BCUT2D eigenvalue weighted by atomic mass is 16.4. The molecule has 2 atom stereocenters. The van der Waals surface area contributed by atoms with Gasteiger partial charge in [-0.1, -0.05) is 19.3 Å². The van der Waals surface area contributed by atoms with E-state index in [1.807, 2.05) is 0 Å². The van der Waals surface area contributed by atoms with Crippen LogP contribution in [-0.2, 0) is 9.59 Å². The van der Waals surface area contributed by atoms with E-state index in [-0.39, 0.29) is 25.3 Å². The lowest BCUT2D eigenvalue weighted by atomic mass is 9.80. The molecule has 108 valence electrons. The van der Waals surface area contributed by atoms with Crippen LogP contribution in [0.5, 0.6) is 0 Å². The van der Waals surface area contributed by atoms with E-state index in [0.29, 0.717) is 0 Å². The Bertz CT molecular complexity index is 366. The summed E-state index contributed by atoms with van der Waals surface area (Å²) < 4.78 is 0. The summed E-state index contributed by atoms with van der Waals surface area (Å²) in [6.07, 6.45) is 4.36. The molecule has 1 amide bonds. The van der Waals surface area contributed by atoms with Gasteiger partial charge in [0.25, 0.3) is 0 Å². The van der Waals surface area contributed by atoms with E-state index in [1.165, 1.54) is 4.90 Å². The Morgan fingerprint density at radius 1 is 1.26 bits per heavy atom. The Morgan fingerprint density at radius 3 is 2.47 bits per heavy atom. The molecule has 0 aromatic heterocycles. The number of hydrogen-bond acceptors (Lipinski definition) is 4. The molecule has 1 saturated heterocycles. The van der Waals surface area contributed by atoms with Crippen LogP contribution in [0.1, 0.15) is 44.9 Å². The average molecular weight is 270 g/mol. The molecule has 6 heteroatoms. The minimum atomic E-state index is -1.06. The fourth-order valence-corrected chi connectivity index (χ4v) is 3.16. The Hall–Kier alpha value is -1.14. The molecule has 0 unspecified atom stereocenters. The summed E-state index contributed by atoms with van der Waals surface area (Å²) in [7, 11) is 0. The number of carbonyl (C=O) groups excluding carboxylic acids is 1. The normalized spacial score (nSPS) is 30.3. The number of likely N-dealkylation sites (tertiary alicyclic amines) is 1. The number of hydrogen-bond donors (Lipinski definition) is 3. The molecular formula is C13H22N2O4. The highest BCUT2D eigenvalue weighted by Gasteiger charge is 2.41. The second-order valence-corrected chi connectivity index (χ2v) is 5.89. The third-order valence-corrected chi connectivity index (χ3v) is 4.24. The van der Waals surface area contributed by atoms with Gasteiger partial charge in [-0.2, -0.15) is 0 Å². The molecule has 2 rings (SSSR count). The van der Waals surface area contributed by atoms with Gasteiger partial charge in [0.15, 0.2) is 0 Å². The van der Waals surface area contributed by atoms with Gasteiger partial charge in [0.1, 0.15) is 6.04 Å². The van der Waals surface area contributed by atoms with Crippen molar-refractivity contribution in [1.82, 2.24) is 4.90 Å². The number of aliphatic carboxylic acids is 1. The first-order valence-electron chi connectivity index (χ1n) is 6.90. The largest absolute Gasteiger partial charge is 0.480 e. The summed E-state index contributed by atoms with van der Waals surface area (Å²) in [4.78, 5) is 24.6. The summed E-state index contributed by atoms with van der Waals surface area (Å²) in [5.74, 6) is -1.30. The number of nitrogens with zero attached hydrogens (tertiary/aromatic N) is 1. The van der Waals surface area contributed by atoms with Gasteiger partial charge in [-0.05, 0) is 12.8 Å². The van der Waals surface area contributed by atoms with Gasteiger partial charge in [0.2, 0.25) is 5.91 Å². The second kappa shape index (κ2) is 5.46. The molecule has 4 N–H and O–H groups in total. The van der Waals surface area contributed by atoms with Gasteiger partial charge in [0.05, 0.1) is 6.10 Å². The van der Waals surface area contributed by atoms with E-state index in [2.05, 4.69) is 0 Å². The van der Waals surface area contributed by atoms with Gasteiger partial charge in [-0.15, -0.1) is 0 Å². The smallest absolute Gasteiger partial charge is 0.326 e. The first-order valence-corrected chi connectivity index (χ1v) is 6.90. The third-order valence-electron chi connectivity index (χ3n) is 4.24. The molecule has 0 bridgehead atoms. The molecule has 19 heavy (non-hydrogen) atoms. The van der Waals surface area contributed by atoms with Crippen molar-refractivity contribution < 1.29 is 19.8 Å². The zero-order valence-electron chi connectivity index (χ0n) is 11.0. The van der Waals surface area contributed by atoms with Crippen molar-refractivity contribution in [3.05, 3.63) is 0 Å². The topological polar surface area (TPSA) is 104 Å². The molecule has 0 aromatic carbocycles. The number of carboxylic acid groups (broad SMARTS) is 1. The fraction of sp³-hybridized carbons (Fsp3) is 0.846. The molecule has 0 radical (unpaired) electrons. The van der Waals surface area contributed by atoms with Crippen molar-refractivity contribution >= 4 is 11.9 Å². The molecule has 1 aliphatic carbocycles. The number of nitrogens with two attached hydrogens (primary N) is 1. The van der Waals surface area contributed by atoms with E-state index in [1.54, 1.807) is 0 Å². The SMILES string of the molecule is NC1(CC(=O)N2C[C@@H](O)C[C@H]2C(=O)O)CCCCC1. The Kier molecular flexibility index (Phi) is 4.10. The van der Waals surface area contributed by atoms with Gasteiger partial charge >= 0.3 is 5.97 Å². The van der Waals surface area contributed by atoms with E-state index in [9.17, 15) is 14.7 Å². The van der Waals surface area contributed by atoms with Gasteiger partial charge in [-0.25, -0.2) is 4.79 Å². The van der Waals surface area contributed by atoms with Crippen LogP contribution in [-0.4, -0.2) is 51.2 Å². The molecule has 2 aliphatic rings. The number of carboxylic acids is 1. The fourth-order valence-electron chi connectivity index (χ4n) is 3.16. The number of rotatable bonds is 3. The van der Waals surface area contributed by atoms with Crippen molar-refractivity contribution in [2.24, 2.45) is 5.73 Å². The summed E-state index contributed by atoms with van der Waals surface area (Å²) in [6.45, 7) is 0.103. The van der Waals surface area contributed by atoms with Crippen LogP contribution in [0.4, 0.5) is 0 Å². The molecule has 0 spiro atoms. The van der Waals surface area contributed by atoms with Crippen LogP contribution in [0.15, 0.2) is 0 Å². The van der Waals surface area contributed by atoms with Crippen LogP contribution in [0, 0.1) is 0 Å². The maximum absolute atomic E-state index is 12.3. The van der Waals surface area contributed by atoms with Crippen LogP contribution in [0.3, 0.4) is 0 Å². The number of β-amino-alcohol motifs (C(OH)–C–C–N with tert-alkyl or cyclic N) is 1. The Labute approximate surface area is 112 Å². The Balaban J connectivity index is 2.00. The highest BCUT2D eigenvalue weighted by molar-refractivity contribution is 5.85. The molecule has 1 saturated carbocycles. The molecule has 0 aromatic rings. The van der Waals surface area contributed by atoms with E-state index >= 15 is 0 Å². The van der Waals surface area contributed by atoms with Gasteiger partial charge in [-0.3, -0.25) is 4.79 Å². The van der Waals surface area contributed by atoms with E-state index in [4.69, 9.17) is 10.8 Å². The van der Waals surface area contributed by atoms with Crippen molar-refractivity contribution in [2.75, 3.05) is 6.54 Å². The lowest BCUT2D eigenvalue weighted by Gasteiger charge is -2.34. The van der Waals surface area contributed by atoms with Gasteiger partial charge < -0.3 is 20.8 Å². The zero-order chi connectivity index (χ0) is 14.0. The summed E-state index contributed by atoms with van der Waals surface area (Å²) in [6, 6.07) is -0.908. The predicted octanol–water partition coefficient (Wildman–Crippen LogP) is 0.0845. The van der Waals surface area contributed by atoms with Crippen LogP contribution < -0.4 is 5.73 Å². The van der Waals surface area contributed by atoms with Crippen LogP contribution in [0.25, 0.3) is 0 Å². The number of aliphatic hydroxyl groups excluding tert-OH is 1. The van der Waals surface area contributed by atoms with Crippen molar-refractivity contribution in [1.29, 1.82) is 0 Å². The average Bonchev–Trinajstić information content (AvgIpc) is 2.72. The standard InChI is InChI=1S/C13H22N2O4/c14-13(4-2-1-3-5-13)7-11(17)15-8-9(16)6-10(15)12(18)19/h9-10,16H,1-8,14H2,(H,18,19)/t9-,10-/m0/s1. The summed E-state index contributed by atoms with van der Waals surface area (Å²) >= 11 is 0. The first kappa shape index (κ1) is 14.3. The molecular weight excluding hydrogens is 248 g/mol. The van der Waals surface area contributed by atoms with Gasteiger partial charge in [0, 0.05) is 24.9 Å². The summed E-state index contributed by atoms with van der Waals surface area (Å²) in [5.41, 5.74) is 5.73. The summed E-state index contributed by atoms with van der Waals surface area (Å²) in [5, 5.41) is 18.6. The molecule has 1 heterocycles. The monoisotopic (exact) mass is 270 g/mol. The lowest BCUT2D eigenvalue weighted by molar-refractivity contribution is -0.148. The third kappa shape index (κ3) is 3.25. The maximum atomic E-state index is 12.3. The van der Waals surface area contributed by atoms with Crippen LogP contribution in [0.2, 0.25) is 0 Å². The quantitative estimate of drug-likeness (QED) is 0.674. The van der Waals surface area contributed by atoms with Crippen molar-refractivity contribution in [2.45, 2.75) is 62.6 Å². The minimum Gasteiger partial charge on any atom is -0.480 e. The van der Waals surface area contributed by atoms with Crippen molar-refractivity contribution in [3.8, 4) is 0 Å². The molecule has 1 aliphatic heterocycles. The lowest BCUT2D eigenvalue weighted by Crippen LogP contribution is -2.49. The number of aliphatic hydroxyl groups is 1. The maximum Gasteiger partial charge on any atom is 0.326 e. The first-order chi connectivity index (χ1) is 8.91. The predicted molar refractivity (Wildman–Crippen MR) is 68.4 cm³/mol. The minimum absolute atomic E-state index is 0.103. The second-order valence-electron chi connectivity index (χ2n) is 5.89. The van der Waals surface area contributed by atoms with Crippen LogP contribution >= 0.6 is 0 Å².